The number of esters is 1. The van der Waals surface area contributed by atoms with E-state index in [4.69, 9.17) is 4.74 Å². The van der Waals surface area contributed by atoms with Crippen molar-refractivity contribution >= 4 is 37.6 Å². The average molecular weight is 428 g/mol. The van der Waals surface area contributed by atoms with Gasteiger partial charge >= 0.3 is 5.97 Å². The minimum Gasteiger partial charge on any atom is -0.492 e. The van der Waals surface area contributed by atoms with E-state index in [0.717, 1.165) is 10.7 Å². The van der Waals surface area contributed by atoms with Gasteiger partial charge in [-0.05, 0) is 48.5 Å². The summed E-state index contributed by atoms with van der Waals surface area (Å²) in [6, 6.07) is 13.4. The average Bonchev–Trinajstić information content (AvgIpc) is 2.59. The number of nitrogens with zero attached hydrogens (tertiary/aromatic N) is 1. The van der Waals surface area contributed by atoms with E-state index >= 15 is 0 Å². The largest absolute Gasteiger partial charge is 0.492 e. The van der Waals surface area contributed by atoms with Gasteiger partial charge in [0, 0.05) is 4.47 Å². The van der Waals surface area contributed by atoms with Gasteiger partial charge in [0.05, 0.1) is 31.2 Å². The molecule has 0 radical (unpaired) electrons. The van der Waals surface area contributed by atoms with Crippen molar-refractivity contribution in [2.45, 2.75) is 0 Å². The third-order valence-electron chi connectivity index (χ3n) is 3.35. The molecule has 0 heterocycles. The molecule has 0 bridgehead atoms. The van der Waals surface area contributed by atoms with Crippen molar-refractivity contribution in [3.8, 4) is 5.75 Å². The molecule has 0 aromatic heterocycles. The van der Waals surface area contributed by atoms with Gasteiger partial charge in [0.25, 0.3) is 0 Å². The van der Waals surface area contributed by atoms with Crippen LogP contribution in [-0.4, -0.2) is 40.9 Å². The van der Waals surface area contributed by atoms with Crippen LogP contribution >= 0.6 is 15.9 Å². The van der Waals surface area contributed by atoms with Gasteiger partial charge in [0.15, 0.2) is 0 Å². The topological polar surface area (TPSA) is 72.9 Å². The fourth-order valence-electron chi connectivity index (χ4n) is 2.15. The molecule has 0 spiro atoms. The normalized spacial score (nSPS) is 11.0. The van der Waals surface area contributed by atoms with Crippen LogP contribution in [0, 0.1) is 0 Å². The zero-order chi connectivity index (χ0) is 18.4. The van der Waals surface area contributed by atoms with E-state index in [-0.39, 0.29) is 13.2 Å². The first-order valence-corrected chi connectivity index (χ1v) is 10.00. The molecule has 0 saturated heterocycles. The SMILES string of the molecule is COC(=O)c1ccc(N(CCOc2ccc(Br)cc2)S(C)(=O)=O)cc1. The number of carbonyl (C=O) groups excluding carboxylic acids is 1. The molecule has 0 saturated carbocycles. The molecular weight excluding hydrogens is 410 g/mol. The number of sulfonamides is 1. The number of hydrogen-bond acceptors (Lipinski definition) is 5. The van der Waals surface area contributed by atoms with Crippen molar-refractivity contribution in [2.75, 3.05) is 30.8 Å². The molecule has 2 aromatic carbocycles. The van der Waals surface area contributed by atoms with Crippen LogP contribution in [0.15, 0.2) is 53.0 Å². The van der Waals surface area contributed by atoms with Crippen molar-refractivity contribution in [1.29, 1.82) is 0 Å². The van der Waals surface area contributed by atoms with Gasteiger partial charge < -0.3 is 9.47 Å². The lowest BCUT2D eigenvalue weighted by Gasteiger charge is -2.22. The van der Waals surface area contributed by atoms with Crippen molar-refractivity contribution in [1.82, 2.24) is 0 Å². The zero-order valence-corrected chi connectivity index (χ0v) is 16.2. The quantitative estimate of drug-likeness (QED) is 0.634. The van der Waals surface area contributed by atoms with Gasteiger partial charge in [-0.2, -0.15) is 0 Å². The summed E-state index contributed by atoms with van der Waals surface area (Å²) in [5.41, 5.74) is 0.806. The third-order valence-corrected chi connectivity index (χ3v) is 5.08. The second-order valence-electron chi connectivity index (χ2n) is 5.18. The van der Waals surface area contributed by atoms with E-state index in [9.17, 15) is 13.2 Å². The van der Waals surface area contributed by atoms with Crippen molar-refractivity contribution in [2.24, 2.45) is 0 Å². The Balaban J connectivity index is 2.08. The third kappa shape index (κ3) is 5.47. The second kappa shape index (κ2) is 8.35. The van der Waals surface area contributed by atoms with Gasteiger partial charge in [-0.3, -0.25) is 4.31 Å². The molecule has 25 heavy (non-hydrogen) atoms. The molecule has 0 aliphatic carbocycles. The van der Waals surface area contributed by atoms with Crippen LogP contribution < -0.4 is 9.04 Å². The van der Waals surface area contributed by atoms with Crippen molar-refractivity contribution in [3.05, 3.63) is 58.6 Å². The monoisotopic (exact) mass is 427 g/mol. The standard InChI is InChI=1S/C17H18BrNO5S/c1-23-17(20)13-3-7-15(8-4-13)19(25(2,21)22)11-12-24-16-9-5-14(18)6-10-16/h3-10H,11-12H2,1-2H3. The molecule has 134 valence electrons. The van der Waals surface area contributed by atoms with Gasteiger partial charge in [-0.25, -0.2) is 13.2 Å². The molecule has 2 aromatic rings. The maximum absolute atomic E-state index is 12.1. The Morgan fingerprint density at radius 2 is 1.68 bits per heavy atom. The van der Waals surface area contributed by atoms with Gasteiger partial charge in [0.1, 0.15) is 12.4 Å². The number of methoxy groups -OCH3 is 1. The Morgan fingerprint density at radius 1 is 1.08 bits per heavy atom. The number of carbonyl (C=O) groups is 1. The van der Waals surface area contributed by atoms with E-state index in [0.29, 0.717) is 17.0 Å². The molecule has 0 unspecified atom stereocenters. The summed E-state index contributed by atoms with van der Waals surface area (Å²) in [5, 5.41) is 0. The molecule has 8 heteroatoms. The molecular formula is C17H18BrNO5S. The molecule has 6 nitrogen and oxygen atoms in total. The fourth-order valence-corrected chi connectivity index (χ4v) is 3.32. The highest BCUT2D eigenvalue weighted by Crippen LogP contribution is 2.20. The minimum atomic E-state index is -3.49. The Bertz CT molecular complexity index is 819. The number of anilines is 1. The molecule has 0 aliphatic heterocycles. The number of rotatable bonds is 7. The summed E-state index contributed by atoms with van der Waals surface area (Å²) < 4.78 is 36.5. The molecule has 0 atom stereocenters. The highest BCUT2D eigenvalue weighted by molar-refractivity contribution is 9.10. The fraction of sp³-hybridized carbons (Fsp3) is 0.235. The second-order valence-corrected chi connectivity index (χ2v) is 8.00. The van der Waals surface area contributed by atoms with Gasteiger partial charge in [-0.1, -0.05) is 15.9 Å². The Labute approximate surface area is 155 Å². The summed E-state index contributed by atoms with van der Waals surface area (Å²) >= 11 is 3.34. The van der Waals surface area contributed by atoms with E-state index in [1.165, 1.54) is 23.5 Å². The van der Waals surface area contributed by atoms with E-state index in [1.54, 1.807) is 24.3 Å². The maximum Gasteiger partial charge on any atom is 0.337 e. The number of halogens is 1. The Kier molecular flexibility index (Phi) is 6.44. The molecule has 0 aliphatic rings. The minimum absolute atomic E-state index is 0.145. The van der Waals surface area contributed by atoms with E-state index < -0.39 is 16.0 Å². The first-order chi connectivity index (χ1) is 11.8. The summed E-state index contributed by atoms with van der Waals surface area (Å²) in [5.74, 6) is 0.175. The molecule has 0 N–H and O–H groups in total. The summed E-state index contributed by atoms with van der Waals surface area (Å²) in [4.78, 5) is 11.5. The van der Waals surface area contributed by atoms with Crippen LogP contribution in [0.2, 0.25) is 0 Å². The predicted molar refractivity (Wildman–Crippen MR) is 99.6 cm³/mol. The highest BCUT2D eigenvalue weighted by Gasteiger charge is 2.18. The maximum atomic E-state index is 12.1. The Morgan fingerprint density at radius 3 is 2.20 bits per heavy atom. The molecule has 0 amide bonds. The van der Waals surface area contributed by atoms with Gasteiger partial charge in [0.2, 0.25) is 10.0 Å². The van der Waals surface area contributed by atoms with Crippen LogP contribution in [0.3, 0.4) is 0 Å². The highest BCUT2D eigenvalue weighted by atomic mass is 79.9. The van der Waals surface area contributed by atoms with Gasteiger partial charge in [-0.15, -0.1) is 0 Å². The summed E-state index contributed by atoms with van der Waals surface area (Å²) in [6.07, 6.45) is 1.13. The Hall–Kier alpha value is -2.06. The smallest absolute Gasteiger partial charge is 0.337 e. The lowest BCUT2D eigenvalue weighted by molar-refractivity contribution is 0.0600. The lowest BCUT2D eigenvalue weighted by Crippen LogP contribution is -2.33. The van der Waals surface area contributed by atoms with Crippen LogP contribution in [-0.2, 0) is 14.8 Å². The lowest BCUT2D eigenvalue weighted by atomic mass is 10.2. The van der Waals surface area contributed by atoms with E-state index in [1.807, 2.05) is 12.1 Å². The number of ether oxygens (including phenoxy) is 2. The first-order valence-electron chi connectivity index (χ1n) is 7.36. The van der Waals surface area contributed by atoms with Crippen molar-refractivity contribution < 1.29 is 22.7 Å². The van der Waals surface area contributed by atoms with Crippen LogP contribution in [0.1, 0.15) is 10.4 Å². The first kappa shape index (κ1) is 19.3. The van der Waals surface area contributed by atoms with Crippen molar-refractivity contribution in [3.63, 3.8) is 0 Å². The zero-order valence-electron chi connectivity index (χ0n) is 13.8. The van der Waals surface area contributed by atoms with Crippen LogP contribution in [0.25, 0.3) is 0 Å². The molecule has 0 fully saturated rings. The van der Waals surface area contributed by atoms with Crippen LogP contribution in [0.5, 0.6) is 5.75 Å². The number of hydrogen-bond donors (Lipinski definition) is 0. The summed E-state index contributed by atoms with van der Waals surface area (Å²) in [7, 11) is -2.20. The number of benzene rings is 2. The summed E-state index contributed by atoms with van der Waals surface area (Å²) in [6.45, 7) is 0.333. The molecule has 2 rings (SSSR count). The van der Waals surface area contributed by atoms with Crippen LogP contribution in [0.4, 0.5) is 5.69 Å². The van der Waals surface area contributed by atoms with E-state index in [2.05, 4.69) is 20.7 Å². The predicted octanol–water partition coefficient (Wildman–Crippen LogP) is 3.08.